The van der Waals surface area contributed by atoms with Gasteiger partial charge in [-0.1, -0.05) is 51.1 Å². The van der Waals surface area contributed by atoms with E-state index in [9.17, 15) is 0 Å². The Kier molecular flexibility index (Phi) is 5.56. The van der Waals surface area contributed by atoms with Gasteiger partial charge in [-0.25, -0.2) is 0 Å². The van der Waals surface area contributed by atoms with Gasteiger partial charge in [0.1, 0.15) is 5.75 Å². The zero-order valence-corrected chi connectivity index (χ0v) is 14.0. The van der Waals surface area contributed by atoms with Gasteiger partial charge in [0, 0.05) is 9.30 Å². The molecule has 0 amide bonds. The van der Waals surface area contributed by atoms with Gasteiger partial charge in [-0.05, 0) is 48.9 Å². The van der Waals surface area contributed by atoms with Crippen molar-refractivity contribution in [3.63, 3.8) is 0 Å². The van der Waals surface area contributed by atoms with Crippen LogP contribution in [0.25, 0.3) is 0 Å². The van der Waals surface area contributed by atoms with Crippen LogP contribution in [0.15, 0.2) is 22.7 Å². The molecule has 1 fully saturated rings. The summed E-state index contributed by atoms with van der Waals surface area (Å²) >= 11 is 7.43. The molecule has 2 rings (SSSR count). The van der Waals surface area contributed by atoms with E-state index in [1.165, 1.54) is 37.7 Å². The highest BCUT2D eigenvalue weighted by Gasteiger charge is 2.22. The van der Waals surface area contributed by atoms with Gasteiger partial charge in [0.15, 0.2) is 0 Å². The topological polar surface area (TPSA) is 9.23 Å². The third-order valence-electron chi connectivity index (χ3n) is 3.79. The Morgan fingerprint density at radius 3 is 2.78 bits per heavy atom. The average molecular weight is 376 g/mol. The summed E-state index contributed by atoms with van der Waals surface area (Å²) < 4.78 is 6.61. The Bertz CT molecular complexity index is 392. The quantitative estimate of drug-likeness (QED) is 0.511. The van der Waals surface area contributed by atoms with Gasteiger partial charge in [0.25, 0.3) is 0 Å². The lowest BCUT2D eigenvalue weighted by atomic mass is 9.92. The van der Waals surface area contributed by atoms with Crippen LogP contribution in [0.2, 0.25) is 0 Å². The second-order valence-electron chi connectivity index (χ2n) is 5.07. The van der Waals surface area contributed by atoms with Gasteiger partial charge < -0.3 is 4.74 Å². The second-order valence-corrected chi connectivity index (χ2v) is 7.17. The van der Waals surface area contributed by atoms with Gasteiger partial charge >= 0.3 is 0 Å². The standard InChI is InChI=1S/C15H20Br2O/c1-18-15-8-7-13(16)10-12(15)9-11-5-3-2-4-6-14(11)17/h7-8,10-11,14H,2-6,9H2,1H3. The SMILES string of the molecule is COc1ccc(Br)cc1CC1CCCCCC1Br. The van der Waals surface area contributed by atoms with Crippen molar-refractivity contribution in [2.24, 2.45) is 5.92 Å². The van der Waals surface area contributed by atoms with Crippen molar-refractivity contribution in [2.45, 2.75) is 43.4 Å². The molecular formula is C15H20Br2O. The summed E-state index contributed by atoms with van der Waals surface area (Å²) in [5.74, 6) is 1.75. The molecule has 18 heavy (non-hydrogen) atoms. The minimum absolute atomic E-state index is 0.656. The molecular weight excluding hydrogens is 356 g/mol. The van der Waals surface area contributed by atoms with Crippen LogP contribution >= 0.6 is 31.9 Å². The molecule has 2 atom stereocenters. The van der Waals surface area contributed by atoms with Crippen LogP contribution in [0, 0.1) is 5.92 Å². The normalized spacial score (nSPS) is 24.6. The first-order valence-corrected chi connectivity index (χ1v) is 8.38. The number of alkyl halides is 1. The molecule has 1 nitrogen and oxygen atoms in total. The van der Waals surface area contributed by atoms with Crippen LogP contribution in [0.3, 0.4) is 0 Å². The lowest BCUT2D eigenvalue weighted by Gasteiger charge is -2.21. The van der Waals surface area contributed by atoms with E-state index in [0.717, 1.165) is 22.6 Å². The molecule has 0 radical (unpaired) electrons. The van der Waals surface area contributed by atoms with E-state index in [1.54, 1.807) is 7.11 Å². The van der Waals surface area contributed by atoms with Crippen molar-refractivity contribution < 1.29 is 4.74 Å². The minimum Gasteiger partial charge on any atom is -0.496 e. The monoisotopic (exact) mass is 374 g/mol. The van der Waals surface area contributed by atoms with Gasteiger partial charge in [-0.3, -0.25) is 0 Å². The van der Waals surface area contributed by atoms with Crippen LogP contribution < -0.4 is 4.74 Å². The third-order valence-corrected chi connectivity index (χ3v) is 5.49. The van der Waals surface area contributed by atoms with Gasteiger partial charge in [-0.2, -0.15) is 0 Å². The Hall–Kier alpha value is -0.0200. The molecule has 1 aromatic rings. The fourth-order valence-corrected chi connectivity index (χ4v) is 3.94. The first-order chi connectivity index (χ1) is 8.70. The second kappa shape index (κ2) is 6.95. The molecule has 2 unspecified atom stereocenters. The number of benzene rings is 1. The number of hydrogen-bond donors (Lipinski definition) is 0. The maximum Gasteiger partial charge on any atom is 0.122 e. The molecule has 0 bridgehead atoms. The van der Waals surface area contributed by atoms with Crippen LogP contribution in [-0.2, 0) is 6.42 Å². The fourth-order valence-electron chi connectivity index (χ4n) is 2.76. The Balaban J connectivity index is 2.13. The predicted molar refractivity (Wildman–Crippen MR) is 83.7 cm³/mol. The Labute approximate surface area is 127 Å². The molecule has 100 valence electrons. The summed E-state index contributed by atoms with van der Waals surface area (Å²) in [5, 5.41) is 0. The van der Waals surface area contributed by atoms with Crippen molar-refractivity contribution in [3.8, 4) is 5.75 Å². The van der Waals surface area contributed by atoms with Crippen molar-refractivity contribution >= 4 is 31.9 Å². The summed E-state index contributed by atoms with van der Waals surface area (Å²) in [4.78, 5) is 0.656. The van der Waals surface area contributed by atoms with Gasteiger partial charge in [0.2, 0.25) is 0 Å². The van der Waals surface area contributed by atoms with Crippen LogP contribution in [-0.4, -0.2) is 11.9 Å². The Morgan fingerprint density at radius 2 is 2.00 bits per heavy atom. The third kappa shape index (κ3) is 3.74. The van der Waals surface area contributed by atoms with Crippen LogP contribution in [0.4, 0.5) is 0 Å². The van der Waals surface area contributed by atoms with Crippen LogP contribution in [0.5, 0.6) is 5.75 Å². The highest BCUT2D eigenvalue weighted by atomic mass is 79.9. The van der Waals surface area contributed by atoms with Gasteiger partial charge in [-0.15, -0.1) is 0 Å². The first-order valence-electron chi connectivity index (χ1n) is 6.67. The molecule has 1 aliphatic rings. The summed E-state index contributed by atoms with van der Waals surface area (Å²) in [6.07, 6.45) is 7.85. The number of hydrogen-bond acceptors (Lipinski definition) is 1. The Morgan fingerprint density at radius 1 is 1.22 bits per heavy atom. The van der Waals surface area contributed by atoms with E-state index in [-0.39, 0.29) is 0 Å². The van der Waals surface area contributed by atoms with Crippen molar-refractivity contribution in [1.29, 1.82) is 0 Å². The number of rotatable bonds is 3. The highest BCUT2D eigenvalue weighted by Crippen LogP contribution is 2.34. The number of halogens is 2. The van der Waals surface area contributed by atoms with E-state index >= 15 is 0 Å². The molecule has 0 aromatic heterocycles. The maximum absolute atomic E-state index is 5.47. The smallest absolute Gasteiger partial charge is 0.122 e. The van der Waals surface area contributed by atoms with Crippen molar-refractivity contribution in [2.75, 3.05) is 7.11 Å². The van der Waals surface area contributed by atoms with E-state index in [2.05, 4.69) is 44.0 Å². The molecule has 1 saturated carbocycles. The molecule has 1 aromatic carbocycles. The average Bonchev–Trinajstić information content (AvgIpc) is 2.55. The minimum atomic E-state index is 0.656. The van der Waals surface area contributed by atoms with Gasteiger partial charge in [0.05, 0.1) is 7.11 Å². The number of ether oxygens (including phenoxy) is 1. The van der Waals surface area contributed by atoms with E-state index in [4.69, 9.17) is 4.74 Å². The van der Waals surface area contributed by atoms with Crippen molar-refractivity contribution in [1.82, 2.24) is 0 Å². The lowest BCUT2D eigenvalue weighted by molar-refractivity contribution is 0.399. The summed E-state index contributed by atoms with van der Waals surface area (Å²) in [7, 11) is 1.76. The summed E-state index contributed by atoms with van der Waals surface area (Å²) in [6, 6.07) is 6.30. The first kappa shape index (κ1) is 14.4. The molecule has 0 heterocycles. The molecule has 1 aliphatic carbocycles. The maximum atomic E-state index is 5.47. The lowest BCUT2D eigenvalue weighted by Crippen LogP contribution is -2.16. The van der Waals surface area contributed by atoms with E-state index in [1.807, 2.05) is 6.07 Å². The summed E-state index contributed by atoms with van der Waals surface area (Å²) in [5.41, 5.74) is 1.32. The molecule has 0 saturated heterocycles. The largest absolute Gasteiger partial charge is 0.496 e. The van der Waals surface area contributed by atoms with E-state index in [0.29, 0.717) is 4.83 Å². The zero-order valence-electron chi connectivity index (χ0n) is 10.8. The summed E-state index contributed by atoms with van der Waals surface area (Å²) in [6.45, 7) is 0. The number of methoxy groups -OCH3 is 1. The fraction of sp³-hybridized carbons (Fsp3) is 0.600. The van der Waals surface area contributed by atoms with Crippen molar-refractivity contribution in [3.05, 3.63) is 28.2 Å². The highest BCUT2D eigenvalue weighted by molar-refractivity contribution is 9.10. The molecule has 0 spiro atoms. The molecule has 0 aliphatic heterocycles. The molecule has 0 N–H and O–H groups in total. The van der Waals surface area contributed by atoms with E-state index < -0.39 is 0 Å². The molecule has 3 heteroatoms. The predicted octanol–water partition coefficient (Wildman–Crippen LogP) is 5.34. The van der Waals surface area contributed by atoms with Crippen LogP contribution in [0.1, 0.15) is 37.7 Å². The zero-order chi connectivity index (χ0) is 13.0.